The summed E-state index contributed by atoms with van der Waals surface area (Å²) in [7, 11) is 1.55. The maximum atomic E-state index is 12.7. The molecule has 0 bridgehead atoms. The summed E-state index contributed by atoms with van der Waals surface area (Å²) in [6, 6.07) is 17.2. The molecule has 0 amide bonds. The summed E-state index contributed by atoms with van der Waals surface area (Å²) in [5.41, 5.74) is 4.30. The lowest BCUT2D eigenvalue weighted by molar-refractivity contribution is -0.131. The maximum absolute atomic E-state index is 12.7. The zero-order valence-electron chi connectivity index (χ0n) is 26.8. The van der Waals surface area contributed by atoms with Gasteiger partial charge in [-0.1, -0.05) is 69.7 Å². The number of rotatable bonds is 12. The first-order chi connectivity index (χ1) is 21.8. The predicted octanol–water partition coefficient (Wildman–Crippen LogP) is 8.13. The third-order valence-electron chi connectivity index (χ3n) is 6.07. The van der Waals surface area contributed by atoms with Crippen molar-refractivity contribution in [2.75, 3.05) is 7.11 Å². The number of benzene rings is 3. The molecule has 3 aromatic carbocycles. The van der Waals surface area contributed by atoms with E-state index in [0.717, 1.165) is 11.8 Å². The third-order valence-corrected chi connectivity index (χ3v) is 6.07. The van der Waals surface area contributed by atoms with Gasteiger partial charge in [-0.3, -0.25) is 4.79 Å². The van der Waals surface area contributed by atoms with E-state index in [-0.39, 0.29) is 5.57 Å². The van der Waals surface area contributed by atoms with Gasteiger partial charge in [-0.15, -0.1) is 0 Å². The molecule has 8 heteroatoms. The zero-order valence-corrected chi connectivity index (χ0v) is 26.8. The second-order valence-electron chi connectivity index (χ2n) is 10.2. The van der Waals surface area contributed by atoms with Crippen molar-refractivity contribution < 1.29 is 38.1 Å². The van der Waals surface area contributed by atoms with Crippen LogP contribution in [0.4, 0.5) is 0 Å². The zero-order chi connectivity index (χ0) is 34.4. The Bertz CT molecular complexity index is 1670. The molecule has 0 unspecified atom stereocenters. The molecular formula is C38H38O8. The van der Waals surface area contributed by atoms with Crippen LogP contribution >= 0.6 is 0 Å². The van der Waals surface area contributed by atoms with Gasteiger partial charge in [0.2, 0.25) is 0 Å². The van der Waals surface area contributed by atoms with E-state index in [0.29, 0.717) is 62.8 Å². The minimum absolute atomic E-state index is 0.287. The highest BCUT2D eigenvalue weighted by atomic mass is 16.5. The smallest absolute Gasteiger partial charge is 0.338 e. The van der Waals surface area contributed by atoms with Crippen LogP contribution in [0.1, 0.15) is 45.2 Å². The van der Waals surface area contributed by atoms with Gasteiger partial charge in [-0.05, 0) is 80.3 Å². The van der Waals surface area contributed by atoms with Gasteiger partial charge in [0.1, 0.15) is 29.3 Å². The Kier molecular flexibility index (Phi) is 13.9. The molecule has 0 aromatic heterocycles. The quantitative estimate of drug-likeness (QED) is 0.0656. The highest BCUT2D eigenvalue weighted by molar-refractivity contribution is 5.92. The molecule has 0 spiro atoms. The normalized spacial score (nSPS) is 10.1. The van der Waals surface area contributed by atoms with Crippen LogP contribution in [0.5, 0.6) is 23.0 Å². The average molecular weight is 623 g/mol. The fourth-order valence-corrected chi connectivity index (χ4v) is 3.43. The summed E-state index contributed by atoms with van der Waals surface area (Å²) in [6.45, 7) is 20.9. The first kappa shape index (κ1) is 36.4. The topological polar surface area (TPSA) is 105 Å². The van der Waals surface area contributed by atoms with E-state index < -0.39 is 17.9 Å². The molecule has 3 rings (SSSR count). The summed E-state index contributed by atoms with van der Waals surface area (Å²) >= 11 is 0. The molecule has 0 N–H and O–H groups in total. The Balaban J connectivity index is 0.00000136. The monoisotopic (exact) mass is 622 g/mol. The molecule has 0 atom stereocenters. The van der Waals surface area contributed by atoms with Gasteiger partial charge < -0.3 is 18.9 Å². The fraction of sp³-hybridized carbons (Fsp3) is 0.158. The van der Waals surface area contributed by atoms with Crippen LogP contribution in [0, 0.1) is 0 Å². The van der Waals surface area contributed by atoms with Crippen LogP contribution in [0.25, 0.3) is 23.3 Å². The Morgan fingerprint density at radius 2 is 1.20 bits per heavy atom. The molecule has 0 radical (unpaired) electrons. The molecule has 0 heterocycles. The number of esters is 3. The van der Waals surface area contributed by atoms with Crippen molar-refractivity contribution in [2.45, 2.75) is 34.1 Å². The number of allylic oxidation sites excluding steroid dienone is 1. The van der Waals surface area contributed by atoms with Crippen molar-refractivity contribution in [3.63, 3.8) is 0 Å². The number of hydrogen-bond donors (Lipinski definition) is 0. The Labute approximate surface area is 270 Å². The van der Waals surface area contributed by atoms with Gasteiger partial charge >= 0.3 is 17.9 Å². The van der Waals surface area contributed by atoms with Crippen molar-refractivity contribution >= 4 is 36.3 Å². The summed E-state index contributed by atoms with van der Waals surface area (Å²) < 4.78 is 21.9. The number of aldehydes is 1. The van der Waals surface area contributed by atoms with Crippen LogP contribution in [0.3, 0.4) is 0 Å². The summed E-state index contributed by atoms with van der Waals surface area (Å²) in [5.74, 6) is 0.0448. The minimum Gasteiger partial charge on any atom is -0.496 e. The van der Waals surface area contributed by atoms with Crippen molar-refractivity contribution in [3.8, 4) is 34.1 Å². The summed E-state index contributed by atoms with van der Waals surface area (Å²) in [4.78, 5) is 45.7. The maximum Gasteiger partial charge on any atom is 0.338 e. The van der Waals surface area contributed by atoms with Crippen molar-refractivity contribution in [1.29, 1.82) is 0 Å². The molecule has 46 heavy (non-hydrogen) atoms. The van der Waals surface area contributed by atoms with Gasteiger partial charge in [0.05, 0.1) is 7.11 Å². The fourth-order valence-electron chi connectivity index (χ4n) is 3.43. The lowest BCUT2D eigenvalue weighted by Gasteiger charge is -2.15. The Morgan fingerprint density at radius 3 is 1.63 bits per heavy atom. The number of hydrogen-bond acceptors (Lipinski definition) is 8. The van der Waals surface area contributed by atoms with E-state index in [1.54, 1.807) is 88.5 Å². The first-order valence-electron chi connectivity index (χ1n) is 14.2. The number of methoxy groups -OCH3 is 1. The highest BCUT2D eigenvalue weighted by Crippen LogP contribution is 2.38. The van der Waals surface area contributed by atoms with Crippen LogP contribution in [-0.2, 0) is 19.2 Å². The van der Waals surface area contributed by atoms with Gasteiger partial charge in [0, 0.05) is 27.8 Å². The lowest BCUT2D eigenvalue weighted by atomic mass is 10.0. The van der Waals surface area contributed by atoms with E-state index in [1.165, 1.54) is 0 Å². The molecule has 0 saturated carbocycles. The molecule has 3 aromatic rings. The molecule has 8 nitrogen and oxygen atoms in total. The van der Waals surface area contributed by atoms with Crippen LogP contribution in [-0.4, -0.2) is 31.3 Å². The highest BCUT2D eigenvalue weighted by Gasteiger charge is 2.17. The van der Waals surface area contributed by atoms with Crippen LogP contribution in [0.2, 0.25) is 0 Å². The van der Waals surface area contributed by atoms with Crippen molar-refractivity contribution in [3.05, 3.63) is 120 Å². The molecular weight excluding hydrogens is 584 g/mol. The van der Waals surface area contributed by atoms with Gasteiger partial charge in [-0.2, -0.15) is 0 Å². The van der Waals surface area contributed by atoms with E-state index in [9.17, 15) is 19.2 Å². The van der Waals surface area contributed by atoms with Gasteiger partial charge in [0.15, 0.2) is 0 Å². The minimum atomic E-state index is -0.541. The third kappa shape index (κ3) is 11.1. The second-order valence-corrected chi connectivity index (χ2v) is 10.2. The number of carbonyl (C=O) groups excluding carboxylic acids is 4. The van der Waals surface area contributed by atoms with Gasteiger partial charge in [0.25, 0.3) is 0 Å². The lowest BCUT2D eigenvalue weighted by Crippen LogP contribution is -2.11. The van der Waals surface area contributed by atoms with Crippen LogP contribution in [0.15, 0.2) is 109 Å². The molecule has 238 valence electrons. The Morgan fingerprint density at radius 1 is 0.696 bits per heavy atom. The SMILES string of the molecule is C=C(C)C(=O)Oc1ccc(/C=C/c2cc(OC(=O)C(=C)CC)c(-c3ccc(OC(=O)C(=C)C)cc3)cc2OC)cc1.C=C(C)C=O. The van der Waals surface area contributed by atoms with Crippen LogP contribution < -0.4 is 18.9 Å². The predicted molar refractivity (Wildman–Crippen MR) is 181 cm³/mol. The molecule has 0 aliphatic rings. The Hall–Kier alpha value is -5.76. The summed E-state index contributed by atoms with van der Waals surface area (Å²) in [5, 5.41) is 0. The van der Waals surface area contributed by atoms with E-state index in [2.05, 4.69) is 26.3 Å². The molecule has 0 fully saturated rings. The standard InChI is InChI=1S/C34H32O7.C4H6O/c1-8-23(6)34(37)41-31-19-26(12-9-24-10-15-27(16-11-24)39-32(35)21(2)3)30(38-7)20-29(31)25-13-17-28(18-14-25)40-33(36)22(4)5;1-4(2)3-5/h9-20H,2,4,6,8H2,1,3,5,7H3;3H,1H2,2H3/b12-9+;. The summed E-state index contributed by atoms with van der Waals surface area (Å²) in [6.07, 6.45) is 4.84. The average Bonchev–Trinajstić information content (AvgIpc) is 3.04. The largest absolute Gasteiger partial charge is 0.496 e. The number of carbonyl (C=O) groups is 4. The van der Waals surface area contributed by atoms with E-state index in [4.69, 9.17) is 18.9 Å². The van der Waals surface area contributed by atoms with E-state index in [1.807, 2.05) is 19.1 Å². The molecule has 0 saturated heterocycles. The van der Waals surface area contributed by atoms with Crippen molar-refractivity contribution in [2.24, 2.45) is 0 Å². The molecule has 0 aliphatic heterocycles. The second kappa shape index (κ2) is 17.5. The van der Waals surface area contributed by atoms with Gasteiger partial charge in [-0.25, -0.2) is 14.4 Å². The first-order valence-corrected chi connectivity index (χ1v) is 14.2. The number of ether oxygens (including phenoxy) is 4. The van der Waals surface area contributed by atoms with E-state index >= 15 is 0 Å². The van der Waals surface area contributed by atoms with Crippen molar-refractivity contribution in [1.82, 2.24) is 0 Å². The molecule has 0 aliphatic carbocycles.